The summed E-state index contributed by atoms with van der Waals surface area (Å²) < 4.78 is 37.7. The van der Waals surface area contributed by atoms with Gasteiger partial charge in [-0.2, -0.15) is 13.2 Å². The van der Waals surface area contributed by atoms with E-state index in [-0.39, 0.29) is 11.0 Å². The Balaban J connectivity index is 3.02. The molecular weight excluding hydrogens is 229 g/mol. The number of hydrogen-bond donors (Lipinski definition) is 1. The molecule has 1 N–H and O–H groups in total. The van der Waals surface area contributed by atoms with E-state index in [1.807, 2.05) is 20.8 Å². The molecule has 0 saturated heterocycles. The first-order chi connectivity index (χ1) is 7.66. The second-order valence-electron chi connectivity index (χ2n) is 5.15. The molecule has 0 aliphatic carbocycles. The van der Waals surface area contributed by atoms with Gasteiger partial charge in [-0.1, -0.05) is 45.0 Å². The van der Waals surface area contributed by atoms with E-state index in [0.29, 0.717) is 0 Å². The summed E-state index contributed by atoms with van der Waals surface area (Å²) in [5.41, 5.74) is 0.985. The van der Waals surface area contributed by atoms with Gasteiger partial charge in [-0.3, -0.25) is 0 Å². The first kappa shape index (κ1) is 14.0. The van der Waals surface area contributed by atoms with Gasteiger partial charge in [0.05, 0.1) is 6.61 Å². The molecule has 0 aliphatic heterocycles. The van der Waals surface area contributed by atoms with E-state index in [2.05, 4.69) is 0 Å². The lowest BCUT2D eigenvalue weighted by molar-refractivity contribution is -0.158. The van der Waals surface area contributed by atoms with E-state index < -0.39 is 18.7 Å². The highest BCUT2D eigenvalue weighted by Crippen LogP contribution is 2.35. The first-order valence-electron chi connectivity index (χ1n) is 5.44. The van der Waals surface area contributed by atoms with Crippen LogP contribution < -0.4 is 0 Å². The molecule has 17 heavy (non-hydrogen) atoms. The number of rotatable bonds is 2. The second-order valence-corrected chi connectivity index (χ2v) is 5.15. The molecule has 1 aromatic rings. The van der Waals surface area contributed by atoms with Crippen LogP contribution in [-0.4, -0.2) is 17.9 Å². The lowest BCUT2D eigenvalue weighted by atomic mass is 9.85. The van der Waals surface area contributed by atoms with Crippen molar-refractivity contribution in [2.75, 3.05) is 6.61 Å². The molecule has 1 rings (SSSR count). The Morgan fingerprint density at radius 3 is 1.82 bits per heavy atom. The first-order valence-corrected chi connectivity index (χ1v) is 5.44. The minimum absolute atomic E-state index is 0.0918. The van der Waals surface area contributed by atoms with Crippen LogP contribution in [0.2, 0.25) is 0 Å². The maximum absolute atomic E-state index is 12.6. The van der Waals surface area contributed by atoms with Gasteiger partial charge in [-0.25, -0.2) is 0 Å². The molecule has 4 heteroatoms. The molecule has 0 fully saturated rings. The SMILES string of the molecule is CC(C)(C)c1ccc(C(CO)C(F)(F)F)cc1. The summed E-state index contributed by atoms with van der Waals surface area (Å²) in [7, 11) is 0. The van der Waals surface area contributed by atoms with E-state index in [4.69, 9.17) is 5.11 Å². The molecule has 96 valence electrons. The van der Waals surface area contributed by atoms with E-state index >= 15 is 0 Å². The van der Waals surface area contributed by atoms with Gasteiger partial charge in [0.15, 0.2) is 0 Å². The van der Waals surface area contributed by atoms with E-state index in [1.54, 1.807) is 12.1 Å². The fourth-order valence-corrected chi connectivity index (χ4v) is 1.61. The molecule has 0 aliphatic rings. The van der Waals surface area contributed by atoms with Crippen LogP contribution in [-0.2, 0) is 5.41 Å². The molecule has 0 bridgehead atoms. The van der Waals surface area contributed by atoms with Crippen molar-refractivity contribution in [3.05, 3.63) is 35.4 Å². The van der Waals surface area contributed by atoms with Gasteiger partial charge in [-0.05, 0) is 16.5 Å². The third kappa shape index (κ3) is 3.46. The molecule has 0 radical (unpaired) electrons. The largest absolute Gasteiger partial charge is 0.397 e. The molecule has 0 saturated carbocycles. The quantitative estimate of drug-likeness (QED) is 0.845. The van der Waals surface area contributed by atoms with Crippen LogP contribution in [0.1, 0.15) is 37.8 Å². The standard InChI is InChI=1S/C13H17F3O/c1-12(2,3)10-6-4-9(5-7-10)11(8-17)13(14,15)16/h4-7,11,17H,8H2,1-3H3. The predicted molar refractivity (Wildman–Crippen MR) is 61.0 cm³/mol. The molecule has 1 unspecified atom stereocenters. The van der Waals surface area contributed by atoms with Crippen molar-refractivity contribution < 1.29 is 18.3 Å². The van der Waals surface area contributed by atoms with Gasteiger partial charge in [0.2, 0.25) is 0 Å². The van der Waals surface area contributed by atoms with Crippen molar-refractivity contribution in [1.82, 2.24) is 0 Å². The topological polar surface area (TPSA) is 20.2 Å². The molecular formula is C13H17F3O. The lowest BCUT2D eigenvalue weighted by Gasteiger charge is -2.22. The van der Waals surface area contributed by atoms with Crippen LogP contribution in [0, 0.1) is 0 Å². The van der Waals surface area contributed by atoms with Crippen LogP contribution in [0.5, 0.6) is 0 Å². The molecule has 0 heterocycles. The van der Waals surface area contributed by atoms with Crippen molar-refractivity contribution in [3.63, 3.8) is 0 Å². The summed E-state index contributed by atoms with van der Waals surface area (Å²) in [6.45, 7) is 5.07. The Hall–Kier alpha value is -1.03. The monoisotopic (exact) mass is 246 g/mol. The molecule has 1 nitrogen and oxygen atoms in total. The molecule has 0 aromatic heterocycles. The molecule has 1 atom stereocenters. The van der Waals surface area contributed by atoms with Gasteiger partial charge in [0.1, 0.15) is 5.92 Å². The van der Waals surface area contributed by atoms with E-state index in [1.165, 1.54) is 12.1 Å². The predicted octanol–water partition coefficient (Wildman–Crippen LogP) is 3.62. The number of benzene rings is 1. The Morgan fingerprint density at radius 1 is 1.06 bits per heavy atom. The van der Waals surface area contributed by atoms with Gasteiger partial charge in [-0.15, -0.1) is 0 Å². The van der Waals surface area contributed by atoms with Crippen molar-refractivity contribution in [1.29, 1.82) is 0 Å². The van der Waals surface area contributed by atoms with Gasteiger partial charge in [0, 0.05) is 0 Å². The van der Waals surface area contributed by atoms with Crippen LogP contribution in [0.4, 0.5) is 13.2 Å². The highest BCUT2D eigenvalue weighted by atomic mass is 19.4. The van der Waals surface area contributed by atoms with E-state index in [0.717, 1.165) is 5.56 Å². The Bertz CT molecular complexity index is 360. The maximum atomic E-state index is 12.6. The molecule has 0 amide bonds. The summed E-state index contributed by atoms with van der Waals surface area (Å²) in [4.78, 5) is 0. The molecule has 0 spiro atoms. The smallest absolute Gasteiger partial charge is 0.395 e. The zero-order valence-electron chi connectivity index (χ0n) is 10.2. The fourth-order valence-electron chi connectivity index (χ4n) is 1.61. The Kier molecular flexibility index (Phi) is 3.87. The summed E-state index contributed by atoms with van der Waals surface area (Å²) in [6, 6.07) is 6.25. The molecule has 1 aromatic carbocycles. The third-order valence-corrected chi connectivity index (χ3v) is 2.76. The third-order valence-electron chi connectivity index (χ3n) is 2.76. The summed E-state index contributed by atoms with van der Waals surface area (Å²) >= 11 is 0. The highest BCUT2D eigenvalue weighted by molar-refractivity contribution is 5.30. The van der Waals surface area contributed by atoms with Crippen LogP contribution in [0.15, 0.2) is 24.3 Å². The van der Waals surface area contributed by atoms with E-state index in [9.17, 15) is 13.2 Å². The number of aliphatic hydroxyl groups excluding tert-OH is 1. The summed E-state index contributed by atoms with van der Waals surface area (Å²) in [6.07, 6.45) is -4.40. The average Bonchev–Trinajstić information content (AvgIpc) is 2.16. The van der Waals surface area contributed by atoms with Gasteiger partial charge < -0.3 is 5.11 Å². The van der Waals surface area contributed by atoms with Crippen LogP contribution >= 0.6 is 0 Å². The van der Waals surface area contributed by atoms with Gasteiger partial charge >= 0.3 is 6.18 Å². The number of aliphatic hydroxyl groups is 1. The summed E-state index contributed by atoms with van der Waals surface area (Å²) in [5, 5.41) is 8.82. The minimum Gasteiger partial charge on any atom is -0.395 e. The summed E-state index contributed by atoms with van der Waals surface area (Å²) in [5.74, 6) is -1.79. The second kappa shape index (κ2) is 4.69. The highest BCUT2D eigenvalue weighted by Gasteiger charge is 2.40. The van der Waals surface area contributed by atoms with Crippen molar-refractivity contribution >= 4 is 0 Å². The number of halogens is 3. The fraction of sp³-hybridized carbons (Fsp3) is 0.538. The van der Waals surface area contributed by atoms with Crippen molar-refractivity contribution in [3.8, 4) is 0 Å². The van der Waals surface area contributed by atoms with Crippen molar-refractivity contribution in [2.45, 2.75) is 38.3 Å². The average molecular weight is 246 g/mol. The zero-order chi connectivity index (χ0) is 13.3. The van der Waals surface area contributed by atoms with Crippen LogP contribution in [0.3, 0.4) is 0 Å². The number of hydrogen-bond acceptors (Lipinski definition) is 1. The number of alkyl halides is 3. The Labute approximate surface area is 99.3 Å². The Morgan fingerprint density at radius 2 is 1.53 bits per heavy atom. The van der Waals surface area contributed by atoms with Crippen LogP contribution in [0.25, 0.3) is 0 Å². The lowest BCUT2D eigenvalue weighted by Crippen LogP contribution is -2.24. The van der Waals surface area contributed by atoms with Gasteiger partial charge in [0.25, 0.3) is 0 Å². The normalized spacial score (nSPS) is 14.8. The van der Waals surface area contributed by atoms with Crippen molar-refractivity contribution in [2.24, 2.45) is 0 Å². The maximum Gasteiger partial charge on any atom is 0.397 e. The zero-order valence-corrected chi connectivity index (χ0v) is 10.2. The minimum atomic E-state index is -4.40.